The lowest BCUT2D eigenvalue weighted by molar-refractivity contribution is 0.0822. The third-order valence-corrected chi connectivity index (χ3v) is 5.09. The Morgan fingerprint density at radius 3 is 2.72 bits per heavy atom. The molecule has 9 nitrogen and oxygen atoms in total. The number of benzene rings is 1. The second-order valence-corrected chi connectivity index (χ2v) is 7.76. The summed E-state index contributed by atoms with van der Waals surface area (Å²) in [5.41, 5.74) is 3.85. The molecule has 0 aliphatic heterocycles. The van der Waals surface area contributed by atoms with Crippen LogP contribution in [0.1, 0.15) is 44.7 Å². The van der Waals surface area contributed by atoms with E-state index in [0.717, 1.165) is 22.6 Å². The third kappa shape index (κ3) is 5.35. The highest BCUT2D eigenvalue weighted by Gasteiger charge is 2.14. The summed E-state index contributed by atoms with van der Waals surface area (Å²) in [5, 5.41) is 7.18. The molecule has 0 unspecified atom stereocenters. The van der Waals surface area contributed by atoms with E-state index >= 15 is 0 Å². The maximum atomic E-state index is 12.4. The minimum atomic E-state index is -0.162. The topological polar surface area (TPSA) is 94.3 Å². The largest absolute Gasteiger partial charge is 0.491 e. The minimum absolute atomic E-state index is 0.128. The standard InChI is InChI=1S/C23H30N6O3/c1-6-29-20(12-16(2)26-29)22(30)24-10-11-32-21-9-7-8-18(17(21)3)13-28-14-19(25-15-28)23(31)27(4)5/h7-9,12,14-15H,6,10-11,13H2,1-5H3,(H,24,30). The molecule has 2 heterocycles. The zero-order valence-corrected chi connectivity index (χ0v) is 19.3. The van der Waals surface area contributed by atoms with E-state index in [-0.39, 0.29) is 11.8 Å². The van der Waals surface area contributed by atoms with Crippen LogP contribution in [0.5, 0.6) is 5.75 Å². The molecule has 0 atom stereocenters. The number of rotatable bonds is 9. The molecule has 0 radical (unpaired) electrons. The molecule has 0 aliphatic carbocycles. The quantitative estimate of drug-likeness (QED) is 0.517. The molecule has 3 rings (SSSR count). The number of nitrogens with one attached hydrogen (secondary N) is 1. The van der Waals surface area contributed by atoms with Gasteiger partial charge in [0.15, 0.2) is 0 Å². The number of hydrogen-bond donors (Lipinski definition) is 1. The van der Waals surface area contributed by atoms with Crippen LogP contribution < -0.4 is 10.1 Å². The average Bonchev–Trinajstić information content (AvgIpc) is 3.39. The van der Waals surface area contributed by atoms with Crippen molar-refractivity contribution in [2.45, 2.75) is 33.9 Å². The smallest absolute Gasteiger partial charge is 0.273 e. The average molecular weight is 439 g/mol. The predicted octanol–water partition coefficient (Wildman–Crippen LogP) is 2.28. The second-order valence-electron chi connectivity index (χ2n) is 7.76. The van der Waals surface area contributed by atoms with Crippen LogP contribution in [-0.2, 0) is 13.1 Å². The highest BCUT2D eigenvalue weighted by Crippen LogP contribution is 2.22. The Balaban J connectivity index is 1.56. The van der Waals surface area contributed by atoms with E-state index in [0.29, 0.717) is 37.6 Å². The summed E-state index contributed by atoms with van der Waals surface area (Å²) in [6, 6.07) is 7.64. The monoisotopic (exact) mass is 438 g/mol. The maximum absolute atomic E-state index is 12.4. The van der Waals surface area contributed by atoms with Crippen LogP contribution in [0.25, 0.3) is 0 Å². The molecule has 0 saturated heterocycles. The van der Waals surface area contributed by atoms with Gasteiger partial charge in [-0.25, -0.2) is 4.98 Å². The summed E-state index contributed by atoms with van der Waals surface area (Å²) in [5.74, 6) is 0.470. The van der Waals surface area contributed by atoms with Crippen molar-refractivity contribution in [3.05, 3.63) is 65.0 Å². The highest BCUT2D eigenvalue weighted by atomic mass is 16.5. The van der Waals surface area contributed by atoms with Gasteiger partial charge in [-0.3, -0.25) is 14.3 Å². The molecule has 2 aromatic heterocycles. The first-order valence-corrected chi connectivity index (χ1v) is 10.6. The van der Waals surface area contributed by atoms with Crippen molar-refractivity contribution in [2.24, 2.45) is 0 Å². The lowest BCUT2D eigenvalue weighted by atomic mass is 10.1. The van der Waals surface area contributed by atoms with Crippen LogP contribution in [0, 0.1) is 13.8 Å². The van der Waals surface area contributed by atoms with Gasteiger partial charge in [-0.2, -0.15) is 5.10 Å². The molecule has 9 heteroatoms. The summed E-state index contributed by atoms with van der Waals surface area (Å²) >= 11 is 0. The normalized spacial score (nSPS) is 10.8. The number of aromatic nitrogens is 4. The third-order valence-electron chi connectivity index (χ3n) is 5.09. The number of ether oxygens (including phenoxy) is 1. The van der Waals surface area contributed by atoms with Crippen molar-refractivity contribution >= 4 is 11.8 Å². The van der Waals surface area contributed by atoms with Crippen molar-refractivity contribution in [1.82, 2.24) is 29.5 Å². The van der Waals surface area contributed by atoms with Gasteiger partial charge in [0.05, 0.1) is 18.6 Å². The molecule has 170 valence electrons. The van der Waals surface area contributed by atoms with Crippen LogP contribution >= 0.6 is 0 Å². The minimum Gasteiger partial charge on any atom is -0.491 e. The Hall–Kier alpha value is -3.62. The van der Waals surface area contributed by atoms with Gasteiger partial charge in [0.2, 0.25) is 0 Å². The Kier molecular flexibility index (Phi) is 7.29. The molecule has 0 bridgehead atoms. The van der Waals surface area contributed by atoms with Crippen molar-refractivity contribution in [2.75, 3.05) is 27.2 Å². The molecule has 0 fully saturated rings. The van der Waals surface area contributed by atoms with E-state index in [4.69, 9.17) is 4.74 Å². The lowest BCUT2D eigenvalue weighted by Crippen LogP contribution is -2.30. The molecule has 3 aromatic rings. The van der Waals surface area contributed by atoms with Gasteiger partial charge in [0, 0.05) is 33.4 Å². The van der Waals surface area contributed by atoms with E-state index in [2.05, 4.69) is 15.4 Å². The van der Waals surface area contributed by atoms with Gasteiger partial charge in [-0.15, -0.1) is 0 Å². The van der Waals surface area contributed by atoms with Gasteiger partial charge >= 0.3 is 0 Å². The summed E-state index contributed by atoms with van der Waals surface area (Å²) in [4.78, 5) is 30.1. The fourth-order valence-corrected chi connectivity index (χ4v) is 3.36. The summed E-state index contributed by atoms with van der Waals surface area (Å²) in [7, 11) is 3.40. The van der Waals surface area contributed by atoms with Crippen molar-refractivity contribution < 1.29 is 14.3 Å². The molecular weight excluding hydrogens is 408 g/mol. The van der Waals surface area contributed by atoms with Crippen LogP contribution in [0.15, 0.2) is 36.8 Å². The van der Waals surface area contributed by atoms with Gasteiger partial charge in [0.25, 0.3) is 11.8 Å². The van der Waals surface area contributed by atoms with Gasteiger partial charge < -0.3 is 19.5 Å². The second kappa shape index (κ2) is 10.1. The van der Waals surface area contributed by atoms with Crippen molar-refractivity contribution in [3.63, 3.8) is 0 Å². The van der Waals surface area contributed by atoms with Crippen LogP contribution in [0.3, 0.4) is 0 Å². The molecule has 0 aliphatic rings. The Morgan fingerprint density at radius 1 is 1.22 bits per heavy atom. The van der Waals surface area contributed by atoms with E-state index in [1.807, 2.05) is 43.5 Å². The fourth-order valence-electron chi connectivity index (χ4n) is 3.36. The van der Waals surface area contributed by atoms with Gasteiger partial charge in [0.1, 0.15) is 23.7 Å². The molecule has 1 N–H and O–H groups in total. The molecular formula is C23H30N6O3. The zero-order chi connectivity index (χ0) is 23.3. The van der Waals surface area contributed by atoms with Crippen LogP contribution in [0.4, 0.5) is 0 Å². The lowest BCUT2D eigenvalue weighted by Gasteiger charge is -2.14. The fraction of sp³-hybridized carbons (Fsp3) is 0.391. The molecule has 32 heavy (non-hydrogen) atoms. The van der Waals surface area contributed by atoms with E-state index in [1.54, 1.807) is 37.4 Å². The number of carbonyl (C=O) groups is 2. The summed E-state index contributed by atoms with van der Waals surface area (Å²) < 4.78 is 9.48. The number of hydrogen-bond acceptors (Lipinski definition) is 5. The predicted molar refractivity (Wildman–Crippen MR) is 121 cm³/mol. The number of nitrogens with zero attached hydrogens (tertiary/aromatic N) is 5. The Morgan fingerprint density at radius 2 is 2.00 bits per heavy atom. The number of aryl methyl sites for hydroxylation is 2. The highest BCUT2D eigenvalue weighted by molar-refractivity contribution is 5.92. The van der Waals surface area contributed by atoms with E-state index < -0.39 is 0 Å². The number of imidazole rings is 1. The summed E-state index contributed by atoms with van der Waals surface area (Å²) in [6.07, 6.45) is 3.40. The van der Waals surface area contributed by atoms with Gasteiger partial charge in [-0.1, -0.05) is 12.1 Å². The summed E-state index contributed by atoms with van der Waals surface area (Å²) in [6.45, 7) is 7.76. The van der Waals surface area contributed by atoms with E-state index in [1.165, 1.54) is 4.90 Å². The van der Waals surface area contributed by atoms with Crippen LogP contribution in [-0.4, -0.2) is 63.3 Å². The van der Waals surface area contributed by atoms with Crippen molar-refractivity contribution in [3.8, 4) is 5.75 Å². The van der Waals surface area contributed by atoms with Crippen molar-refractivity contribution in [1.29, 1.82) is 0 Å². The molecule has 1 aromatic carbocycles. The van der Waals surface area contributed by atoms with E-state index in [9.17, 15) is 9.59 Å². The first kappa shape index (κ1) is 23.1. The SMILES string of the molecule is CCn1nc(C)cc1C(=O)NCCOc1cccc(Cn2cnc(C(=O)N(C)C)c2)c1C. The number of amides is 2. The molecule has 0 saturated carbocycles. The first-order valence-electron chi connectivity index (χ1n) is 10.6. The van der Waals surface area contributed by atoms with Gasteiger partial charge in [-0.05, 0) is 44.0 Å². The Labute approximate surface area is 188 Å². The number of carbonyl (C=O) groups excluding carboxylic acids is 2. The molecule has 2 amide bonds. The Bertz CT molecular complexity index is 1100. The zero-order valence-electron chi connectivity index (χ0n) is 19.3. The molecule has 0 spiro atoms. The van der Waals surface area contributed by atoms with Crippen LogP contribution in [0.2, 0.25) is 0 Å². The first-order chi connectivity index (χ1) is 15.3. The maximum Gasteiger partial charge on any atom is 0.273 e.